The highest BCUT2D eigenvalue weighted by Gasteiger charge is 2.11. The fourth-order valence-electron chi connectivity index (χ4n) is 1.81. The highest BCUT2D eigenvalue weighted by Crippen LogP contribution is 2.25. The fourth-order valence-corrected chi connectivity index (χ4v) is 2.13. The van der Waals surface area contributed by atoms with Crippen molar-refractivity contribution < 1.29 is 9.15 Å². The number of methoxy groups -OCH3 is 1. The summed E-state index contributed by atoms with van der Waals surface area (Å²) in [5.74, 6) is 0.897. The Morgan fingerprint density at radius 3 is 2.72 bits per heavy atom. The van der Waals surface area contributed by atoms with Crippen LogP contribution in [0.15, 0.2) is 45.5 Å². The topological polar surface area (TPSA) is 34.4 Å². The second-order valence-electron chi connectivity index (χ2n) is 4.10. The first-order valence-electron chi connectivity index (χ1n) is 5.79. The van der Waals surface area contributed by atoms with Gasteiger partial charge < -0.3 is 14.5 Å². The molecule has 0 radical (unpaired) electrons. The number of ether oxygens (including phenoxy) is 1. The Bertz CT molecular complexity index is 510. The SMILES string of the molecule is COCc1ccccc1NC(C)c1ccc(Br)o1. The number of rotatable bonds is 5. The van der Waals surface area contributed by atoms with Gasteiger partial charge in [0.15, 0.2) is 4.67 Å². The van der Waals surface area contributed by atoms with E-state index in [0.29, 0.717) is 6.61 Å². The van der Waals surface area contributed by atoms with Gasteiger partial charge in [-0.25, -0.2) is 0 Å². The number of nitrogens with one attached hydrogen (secondary N) is 1. The van der Waals surface area contributed by atoms with E-state index < -0.39 is 0 Å². The number of benzene rings is 1. The molecule has 18 heavy (non-hydrogen) atoms. The van der Waals surface area contributed by atoms with Crippen LogP contribution in [0, 0.1) is 0 Å². The molecule has 4 heteroatoms. The smallest absolute Gasteiger partial charge is 0.169 e. The maximum atomic E-state index is 5.54. The zero-order valence-corrected chi connectivity index (χ0v) is 12.0. The van der Waals surface area contributed by atoms with Gasteiger partial charge >= 0.3 is 0 Å². The van der Waals surface area contributed by atoms with Gasteiger partial charge in [-0.15, -0.1) is 0 Å². The quantitative estimate of drug-likeness (QED) is 0.891. The molecule has 0 aliphatic heterocycles. The molecule has 1 unspecified atom stereocenters. The van der Waals surface area contributed by atoms with Crippen molar-refractivity contribution in [3.05, 3.63) is 52.4 Å². The predicted octanol–water partition coefficient (Wildman–Crippen LogP) is 4.36. The van der Waals surface area contributed by atoms with Crippen LogP contribution < -0.4 is 5.32 Å². The average molecular weight is 310 g/mol. The van der Waals surface area contributed by atoms with E-state index in [0.717, 1.165) is 21.7 Å². The van der Waals surface area contributed by atoms with E-state index in [-0.39, 0.29) is 6.04 Å². The van der Waals surface area contributed by atoms with Crippen molar-refractivity contribution in [2.45, 2.75) is 19.6 Å². The van der Waals surface area contributed by atoms with Gasteiger partial charge in [0.2, 0.25) is 0 Å². The van der Waals surface area contributed by atoms with Crippen molar-refractivity contribution in [3.63, 3.8) is 0 Å². The molecular weight excluding hydrogens is 294 g/mol. The van der Waals surface area contributed by atoms with Crippen LogP contribution in [0.5, 0.6) is 0 Å². The number of hydrogen-bond acceptors (Lipinski definition) is 3. The minimum atomic E-state index is 0.106. The van der Waals surface area contributed by atoms with Crippen molar-refractivity contribution in [3.8, 4) is 0 Å². The second kappa shape index (κ2) is 6.07. The summed E-state index contributed by atoms with van der Waals surface area (Å²) in [5.41, 5.74) is 2.21. The molecule has 3 nitrogen and oxygen atoms in total. The van der Waals surface area contributed by atoms with Gasteiger partial charge in [-0.3, -0.25) is 0 Å². The molecule has 2 aromatic rings. The monoisotopic (exact) mass is 309 g/mol. The lowest BCUT2D eigenvalue weighted by Gasteiger charge is -2.16. The highest BCUT2D eigenvalue weighted by molar-refractivity contribution is 9.10. The second-order valence-corrected chi connectivity index (χ2v) is 4.88. The highest BCUT2D eigenvalue weighted by atomic mass is 79.9. The Morgan fingerprint density at radius 2 is 2.06 bits per heavy atom. The van der Waals surface area contributed by atoms with Gasteiger partial charge in [0.1, 0.15) is 5.76 Å². The van der Waals surface area contributed by atoms with E-state index in [9.17, 15) is 0 Å². The molecule has 0 saturated heterocycles. The zero-order valence-electron chi connectivity index (χ0n) is 10.4. The molecule has 0 fully saturated rings. The van der Waals surface area contributed by atoms with Gasteiger partial charge in [-0.2, -0.15) is 0 Å². The predicted molar refractivity (Wildman–Crippen MR) is 75.6 cm³/mol. The van der Waals surface area contributed by atoms with Crippen LogP contribution in [0.25, 0.3) is 0 Å². The molecule has 0 bridgehead atoms. The summed E-state index contributed by atoms with van der Waals surface area (Å²) < 4.78 is 11.5. The largest absolute Gasteiger partial charge is 0.452 e. The molecule has 0 saturated carbocycles. The molecular formula is C14H16BrNO2. The lowest BCUT2D eigenvalue weighted by Crippen LogP contribution is -2.07. The molecule has 1 N–H and O–H groups in total. The van der Waals surface area contributed by atoms with Crippen LogP contribution in [0.3, 0.4) is 0 Å². The summed E-state index contributed by atoms with van der Waals surface area (Å²) in [7, 11) is 1.70. The van der Waals surface area contributed by atoms with E-state index in [1.807, 2.05) is 30.3 Å². The average Bonchev–Trinajstić information content (AvgIpc) is 2.79. The normalized spacial score (nSPS) is 12.4. The van der Waals surface area contributed by atoms with E-state index in [1.165, 1.54) is 0 Å². The summed E-state index contributed by atoms with van der Waals surface area (Å²) in [5, 5.41) is 3.43. The van der Waals surface area contributed by atoms with Gasteiger partial charge in [-0.1, -0.05) is 18.2 Å². The van der Waals surface area contributed by atoms with Gasteiger partial charge in [0, 0.05) is 18.4 Å². The van der Waals surface area contributed by atoms with E-state index in [1.54, 1.807) is 7.11 Å². The maximum absolute atomic E-state index is 5.54. The molecule has 0 amide bonds. The molecule has 96 valence electrons. The standard InChI is InChI=1S/C14H16BrNO2/c1-10(13-7-8-14(15)18-13)16-12-6-4-3-5-11(12)9-17-2/h3-8,10,16H,9H2,1-2H3. The van der Waals surface area contributed by atoms with Gasteiger partial charge in [0.25, 0.3) is 0 Å². The summed E-state index contributed by atoms with van der Waals surface area (Å²) in [6.45, 7) is 2.66. The Morgan fingerprint density at radius 1 is 1.28 bits per heavy atom. The summed E-state index contributed by atoms with van der Waals surface area (Å²) in [4.78, 5) is 0. The van der Waals surface area contributed by atoms with Crippen molar-refractivity contribution in [2.75, 3.05) is 12.4 Å². The number of hydrogen-bond donors (Lipinski definition) is 1. The molecule has 0 aliphatic carbocycles. The number of halogens is 1. The lowest BCUT2D eigenvalue weighted by atomic mass is 10.1. The third-order valence-electron chi connectivity index (χ3n) is 2.71. The Labute approximate surface area is 115 Å². The minimum absolute atomic E-state index is 0.106. The third kappa shape index (κ3) is 3.15. The van der Waals surface area contributed by atoms with Crippen LogP contribution in [0.2, 0.25) is 0 Å². The van der Waals surface area contributed by atoms with Crippen LogP contribution in [0.1, 0.15) is 24.3 Å². The number of anilines is 1. The van der Waals surface area contributed by atoms with Crippen molar-refractivity contribution in [1.82, 2.24) is 0 Å². The zero-order chi connectivity index (χ0) is 13.0. The molecule has 2 rings (SSSR count). The molecule has 1 aromatic carbocycles. The summed E-state index contributed by atoms with van der Waals surface area (Å²) in [6, 6.07) is 12.1. The van der Waals surface area contributed by atoms with Gasteiger partial charge in [-0.05, 0) is 41.1 Å². The Balaban J connectivity index is 2.13. The van der Waals surface area contributed by atoms with Crippen molar-refractivity contribution >= 4 is 21.6 Å². The first kappa shape index (κ1) is 13.2. The minimum Gasteiger partial charge on any atom is -0.452 e. The molecule has 0 spiro atoms. The van der Waals surface area contributed by atoms with Crippen molar-refractivity contribution in [2.24, 2.45) is 0 Å². The molecule has 0 aliphatic rings. The Hall–Kier alpha value is -1.26. The maximum Gasteiger partial charge on any atom is 0.169 e. The first-order valence-corrected chi connectivity index (χ1v) is 6.58. The number of para-hydroxylation sites is 1. The van der Waals surface area contributed by atoms with E-state index in [4.69, 9.17) is 9.15 Å². The molecule has 1 atom stereocenters. The molecule has 1 aromatic heterocycles. The number of furan rings is 1. The first-order chi connectivity index (χ1) is 8.70. The lowest BCUT2D eigenvalue weighted by molar-refractivity contribution is 0.185. The van der Waals surface area contributed by atoms with E-state index >= 15 is 0 Å². The van der Waals surface area contributed by atoms with Gasteiger partial charge in [0.05, 0.1) is 12.6 Å². The van der Waals surface area contributed by atoms with Crippen LogP contribution in [0.4, 0.5) is 5.69 Å². The Kier molecular flexibility index (Phi) is 4.44. The fraction of sp³-hybridized carbons (Fsp3) is 0.286. The van der Waals surface area contributed by atoms with Crippen LogP contribution >= 0.6 is 15.9 Å². The third-order valence-corrected chi connectivity index (χ3v) is 3.14. The van der Waals surface area contributed by atoms with Crippen LogP contribution in [-0.4, -0.2) is 7.11 Å². The molecule has 1 heterocycles. The summed E-state index contributed by atoms with van der Waals surface area (Å²) >= 11 is 3.31. The van der Waals surface area contributed by atoms with E-state index in [2.05, 4.69) is 34.2 Å². The summed E-state index contributed by atoms with van der Waals surface area (Å²) in [6.07, 6.45) is 0. The van der Waals surface area contributed by atoms with Crippen LogP contribution in [-0.2, 0) is 11.3 Å². The van der Waals surface area contributed by atoms with Crippen molar-refractivity contribution in [1.29, 1.82) is 0 Å².